The Morgan fingerprint density at radius 3 is 2.43 bits per heavy atom. The standard InChI is InChI=1S/C14H7ClF4N2/c15-10-4-9(14(17,18)19)5-12(6-10)21-13-2-1-11(16)3-8(13)7-20/h1-6,21H. The minimum absolute atomic E-state index is 0.0245. The Morgan fingerprint density at radius 1 is 1.10 bits per heavy atom. The molecular formula is C14H7ClF4N2. The Kier molecular flexibility index (Phi) is 4.05. The molecule has 1 N–H and O–H groups in total. The third kappa shape index (κ3) is 3.64. The zero-order valence-corrected chi connectivity index (χ0v) is 11.1. The molecule has 21 heavy (non-hydrogen) atoms. The van der Waals surface area contributed by atoms with Crippen LogP contribution in [0.15, 0.2) is 36.4 Å². The van der Waals surface area contributed by atoms with E-state index in [-0.39, 0.29) is 22.0 Å². The summed E-state index contributed by atoms with van der Waals surface area (Å²) in [6.45, 7) is 0. The molecule has 2 aromatic carbocycles. The Bertz CT molecular complexity index is 720. The fraction of sp³-hybridized carbons (Fsp3) is 0.0714. The molecule has 0 atom stereocenters. The van der Waals surface area contributed by atoms with Gasteiger partial charge in [-0.15, -0.1) is 0 Å². The van der Waals surface area contributed by atoms with E-state index in [0.717, 1.165) is 24.3 Å². The summed E-state index contributed by atoms with van der Waals surface area (Å²) in [5, 5.41) is 11.4. The average molecular weight is 315 g/mol. The van der Waals surface area contributed by atoms with Crippen LogP contribution < -0.4 is 5.32 Å². The van der Waals surface area contributed by atoms with Gasteiger partial charge in [0.2, 0.25) is 0 Å². The second-order valence-electron chi connectivity index (χ2n) is 4.15. The van der Waals surface area contributed by atoms with Gasteiger partial charge in [-0.1, -0.05) is 11.6 Å². The third-order valence-corrected chi connectivity index (χ3v) is 2.82. The van der Waals surface area contributed by atoms with Gasteiger partial charge < -0.3 is 5.32 Å². The second-order valence-corrected chi connectivity index (χ2v) is 4.59. The molecule has 0 unspecified atom stereocenters. The fourth-order valence-corrected chi connectivity index (χ4v) is 1.93. The van der Waals surface area contributed by atoms with Crippen molar-refractivity contribution in [2.45, 2.75) is 6.18 Å². The van der Waals surface area contributed by atoms with Crippen molar-refractivity contribution in [2.75, 3.05) is 5.32 Å². The molecule has 0 heterocycles. The molecule has 108 valence electrons. The molecule has 0 aliphatic rings. The molecule has 0 saturated heterocycles. The van der Waals surface area contributed by atoms with E-state index in [1.807, 2.05) is 0 Å². The van der Waals surface area contributed by atoms with E-state index < -0.39 is 17.6 Å². The lowest BCUT2D eigenvalue weighted by molar-refractivity contribution is -0.137. The summed E-state index contributed by atoms with van der Waals surface area (Å²) < 4.78 is 51.1. The first-order valence-electron chi connectivity index (χ1n) is 5.64. The van der Waals surface area contributed by atoms with Gasteiger partial charge in [0.1, 0.15) is 11.9 Å². The number of halogens is 5. The van der Waals surface area contributed by atoms with Crippen LogP contribution in [0.3, 0.4) is 0 Å². The number of rotatable bonds is 2. The van der Waals surface area contributed by atoms with Gasteiger partial charge in [0.15, 0.2) is 0 Å². The summed E-state index contributed by atoms with van der Waals surface area (Å²) in [4.78, 5) is 0. The SMILES string of the molecule is N#Cc1cc(F)ccc1Nc1cc(Cl)cc(C(F)(F)F)c1. The number of nitrogens with zero attached hydrogens (tertiary/aromatic N) is 1. The molecular weight excluding hydrogens is 308 g/mol. The van der Waals surface area contributed by atoms with Crippen molar-refractivity contribution in [3.05, 3.63) is 58.4 Å². The van der Waals surface area contributed by atoms with E-state index in [1.54, 1.807) is 6.07 Å². The van der Waals surface area contributed by atoms with Crippen LogP contribution in [0, 0.1) is 17.1 Å². The van der Waals surface area contributed by atoms with Gasteiger partial charge in [-0.3, -0.25) is 0 Å². The first kappa shape index (κ1) is 15.1. The highest BCUT2D eigenvalue weighted by Gasteiger charge is 2.31. The van der Waals surface area contributed by atoms with Crippen molar-refractivity contribution in [3.8, 4) is 6.07 Å². The minimum Gasteiger partial charge on any atom is -0.354 e. The van der Waals surface area contributed by atoms with Crippen LogP contribution in [0.25, 0.3) is 0 Å². The molecule has 0 bridgehead atoms. The molecule has 0 radical (unpaired) electrons. The maximum absolute atomic E-state index is 13.0. The molecule has 0 aliphatic carbocycles. The van der Waals surface area contributed by atoms with Crippen molar-refractivity contribution in [3.63, 3.8) is 0 Å². The number of benzene rings is 2. The van der Waals surface area contributed by atoms with Crippen molar-refractivity contribution >= 4 is 23.0 Å². The highest BCUT2D eigenvalue weighted by atomic mass is 35.5. The van der Waals surface area contributed by atoms with Gasteiger partial charge >= 0.3 is 6.18 Å². The molecule has 7 heteroatoms. The normalized spacial score (nSPS) is 11.0. The summed E-state index contributed by atoms with van der Waals surface area (Å²) in [5.41, 5.74) is -0.700. The summed E-state index contributed by atoms with van der Waals surface area (Å²) >= 11 is 5.66. The van der Waals surface area contributed by atoms with Crippen molar-refractivity contribution in [2.24, 2.45) is 0 Å². The Labute approximate surface area is 122 Å². The van der Waals surface area contributed by atoms with Crippen LogP contribution in [0.1, 0.15) is 11.1 Å². The maximum Gasteiger partial charge on any atom is 0.416 e. The molecule has 2 rings (SSSR count). The van der Waals surface area contributed by atoms with Crippen LogP contribution >= 0.6 is 11.6 Å². The van der Waals surface area contributed by atoms with Gasteiger partial charge in [-0.2, -0.15) is 18.4 Å². The summed E-state index contributed by atoms with van der Waals surface area (Å²) in [5.74, 6) is -0.612. The van der Waals surface area contributed by atoms with Crippen LogP contribution in [0.2, 0.25) is 5.02 Å². The van der Waals surface area contributed by atoms with Gasteiger partial charge in [0.05, 0.1) is 16.8 Å². The van der Waals surface area contributed by atoms with Crippen molar-refractivity contribution in [1.82, 2.24) is 0 Å². The smallest absolute Gasteiger partial charge is 0.354 e. The van der Waals surface area contributed by atoms with Crippen LogP contribution in [0.4, 0.5) is 28.9 Å². The van der Waals surface area contributed by atoms with Gasteiger partial charge in [0.25, 0.3) is 0 Å². The molecule has 0 aromatic heterocycles. The maximum atomic E-state index is 13.0. The number of anilines is 2. The lowest BCUT2D eigenvalue weighted by atomic mass is 10.1. The van der Waals surface area contributed by atoms with E-state index >= 15 is 0 Å². The molecule has 0 amide bonds. The van der Waals surface area contributed by atoms with Crippen molar-refractivity contribution in [1.29, 1.82) is 5.26 Å². The summed E-state index contributed by atoms with van der Waals surface area (Å²) in [7, 11) is 0. The Hall–Kier alpha value is -2.26. The van der Waals surface area contributed by atoms with Gasteiger partial charge in [-0.25, -0.2) is 4.39 Å². The topological polar surface area (TPSA) is 35.8 Å². The first-order chi connectivity index (χ1) is 9.79. The lowest BCUT2D eigenvalue weighted by Crippen LogP contribution is -2.05. The number of hydrogen-bond donors (Lipinski definition) is 1. The molecule has 0 saturated carbocycles. The lowest BCUT2D eigenvalue weighted by Gasteiger charge is -2.12. The molecule has 2 nitrogen and oxygen atoms in total. The predicted molar refractivity (Wildman–Crippen MR) is 70.9 cm³/mol. The average Bonchev–Trinajstić information content (AvgIpc) is 2.39. The molecule has 0 aliphatic heterocycles. The van der Waals surface area contributed by atoms with E-state index in [2.05, 4.69) is 5.32 Å². The minimum atomic E-state index is -4.54. The molecule has 2 aromatic rings. The van der Waals surface area contributed by atoms with Crippen molar-refractivity contribution < 1.29 is 17.6 Å². The highest BCUT2D eigenvalue weighted by Crippen LogP contribution is 2.34. The molecule has 0 fully saturated rings. The quantitative estimate of drug-likeness (QED) is 0.782. The third-order valence-electron chi connectivity index (χ3n) is 2.61. The Morgan fingerprint density at radius 2 is 1.81 bits per heavy atom. The number of hydrogen-bond acceptors (Lipinski definition) is 2. The van der Waals surface area contributed by atoms with Gasteiger partial charge in [-0.05, 0) is 36.4 Å². The Balaban J connectivity index is 2.41. The number of alkyl halides is 3. The summed E-state index contributed by atoms with van der Waals surface area (Å²) in [6, 6.07) is 8.03. The summed E-state index contributed by atoms with van der Waals surface area (Å²) in [6.07, 6.45) is -4.54. The number of nitrogens with one attached hydrogen (secondary N) is 1. The molecule has 0 spiro atoms. The van der Waals surface area contributed by atoms with Crippen LogP contribution in [-0.4, -0.2) is 0 Å². The monoisotopic (exact) mass is 314 g/mol. The highest BCUT2D eigenvalue weighted by molar-refractivity contribution is 6.31. The zero-order chi connectivity index (χ0) is 15.6. The fourth-order valence-electron chi connectivity index (χ4n) is 1.70. The van der Waals surface area contributed by atoms with E-state index in [4.69, 9.17) is 16.9 Å². The first-order valence-corrected chi connectivity index (χ1v) is 6.02. The van der Waals surface area contributed by atoms with E-state index in [9.17, 15) is 17.6 Å². The predicted octanol–water partition coefficient (Wildman–Crippen LogP) is 5.11. The van der Waals surface area contributed by atoms with Crippen LogP contribution in [-0.2, 0) is 6.18 Å². The number of nitriles is 1. The second kappa shape index (κ2) is 5.62. The van der Waals surface area contributed by atoms with Crippen LogP contribution in [0.5, 0.6) is 0 Å². The van der Waals surface area contributed by atoms with Gasteiger partial charge in [0, 0.05) is 10.7 Å². The zero-order valence-electron chi connectivity index (χ0n) is 10.3. The van der Waals surface area contributed by atoms with E-state index in [0.29, 0.717) is 0 Å². The largest absolute Gasteiger partial charge is 0.416 e. The van der Waals surface area contributed by atoms with E-state index in [1.165, 1.54) is 12.1 Å².